The Bertz CT molecular complexity index is 877. The molecule has 1 fully saturated rings. The fraction of sp³-hybridized carbons (Fsp3) is 0.591. The topological polar surface area (TPSA) is 63.2 Å². The number of hydrogen-bond acceptors (Lipinski definition) is 7. The predicted octanol–water partition coefficient (Wildman–Crippen LogP) is 3.53. The summed E-state index contributed by atoms with van der Waals surface area (Å²) in [4.78, 5) is 16.9. The van der Waals surface area contributed by atoms with Gasteiger partial charge in [0.1, 0.15) is 5.82 Å². The van der Waals surface area contributed by atoms with Crippen molar-refractivity contribution >= 4 is 26.8 Å². The Kier molecular flexibility index (Phi) is 6.90. The molecular weight excluding hydrogens is 382 g/mol. The lowest BCUT2D eigenvalue weighted by atomic mass is 10.0. The fourth-order valence-corrected chi connectivity index (χ4v) is 5.27. The third-order valence-corrected chi connectivity index (χ3v) is 6.83. The third kappa shape index (κ3) is 4.85. The van der Waals surface area contributed by atoms with Gasteiger partial charge in [-0.1, -0.05) is 42.6 Å². The van der Waals surface area contributed by atoms with Crippen LogP contribution in [0.25, 0.3) is 10.3 Å². The fourth-order valence-electron chi connectivity index (χ4n) is 4.10. The van der Waals surface area contributed by atoms with Crippen LogP contribution < -0.4 is 10.2 Å². The van der Waals surface area contributed by atoms with Crippen LogP contribution in [-0.2, 0) is 17.6 Å². The minimum absolute atomic E-state index is 0.504. The molecule has 1 aliphatic carbocycles. The summed E-state index contributed by atoms with van der Waals surface area (Å²) in [5.41, 5.74) is 1.96. The van der Waals surface area contributed by atoms with Crippen LogP contribution in [0.5, 0.6) is 0 Å². The van der Waals surface area contributed by atoms with Crippen molar-refractivity contribution in [1.82, 2.24) is 20.3 Å². The van der Waals surface area contributed by atoms with Crippen LogP contribution in [0.15, 0.2) is 24.3 Å². The van der Waals surface area contributed by atoms with Gasteiger partial charge in [0.2, 0.25) is 0 Å². The second kappa shape index (κ2) is 9.78. The van der Waals surface area contributed by atoms with Crippen LogP contribution in [0.3, 0.4) is 0 Å². The van der Waals surface area contributed by atoms with Gasteiger partial charge in [-0.25, -0.2) is 9.97 Å². The number of rotatable bonds is 9. The molecule has 1 aliphatic heterocycles. The molecule has 0 saturated carbocycles. The molecule has 2 atom stereocenters. The van der Waals surface area contributed by atoms with E-state index in [1.165, 1.54) is 12.8 Å². The zero-order valence-electron chi connectivity index (χ0n) is 17.4. The second-order valence-corrected chi connectivity index (χ2v) is 8.77. The third-order valence-electron chi connectivity index (χ3n) is 5.70. The summed E-state index contributed by atoms with van der Waals surface area (Å²) in [5, 5.41) is 4.79. The van der Waals surface area contributed by atoms with E-state index in [-0.39, 0.29) is 0 Å². The van der Waals surface area contributed by atoms with Crippen LogP contribution in [0.4, 0.5) is 5.13 Å². The molecule has 2 unspecified atom stereocenters. The van der Waals surface area contributed by atoms with Crippen molar-refractivity contribution in [2.45, 2.75) is 45.1 Å². The van der Waals surface area contributed by atoms with E-state index in [0.29, 0.717) is 18.6 Å². The van der Waals surface area contributed by atoms with E-state index in [1.54, 1.807) is 18.4 Å². The average Bonchev–Trinajstić information content (AvgIpc) is 3.39. The molecule has 0 aromatic carbocycles. The summed E-state index contributed by atoms with van der Waals surface area (Å²) in [7, 11) is 1.71. The monoisotopic (exact) mass is 413 g/mol. The minimum Gasteiger partial charge on any atom is -0.384 e. The van der Waals surface area contributed by atoms with Crippen LogP contribution in [0.1, 0.15) is 37.7 Å². The Labute approximate surface area is 177 Å². The maximum Gasteiger partial charge on any atom is 0.188 e. The van der Waals surface area contributed by atoms with Gasteiger partial charge in [0.25, 0.3) is 0 Å². The maximum absolute atomic E-state index is 5.19. The Morgan fingerprint density at radius 3 is 2.97 bits per heavy atom. The van der Waals surface area contributed by atoms with Crippen LogP contribution >= 0.6 is 11.3 Å². The summed E-state index contributed by atoms with van der Waals surface area (Å²) in [6, 6.07) is 0.504. The summed E-state index contributed by atoms with van der Waals surface area (Å²) in [5.74, 6) is 1.45. The van der Waals surface area contributed by atoms with Crippen molar-refractivity contribution in [2.24, 2.45) is 5.92 Å². The first kappa shape index (κ1) is 20.4. The molecule has 1 saturated heterocycles. The van der Waals surface area contributed by atoms with Crippen molar-refractivity contribution in [3.8, 4) is 0 Å². The van der Waals surface area contributed by atoms with E-state index in [2.05, 4.69) is 41.4 Å². The molecule has 0 spiro atoms. The smallest absolute Gasteiger partial charge is 0.188 e. The van der Waals surface area contributed by atoms with Gasteiger partial charge in [-0.15, -0.1) is 0 Å². The van der Waals surface area contributed by atoms with Crippen LogP contribution in [-0.4, -0.2) is 54.3 Å². The Morgan fingerprint density at radius 2 is 2.17 bits per heavy atom. The van der Waals surface area contributed by atoms with Gasteiger partial charge >= 0.3 is 0 Å². The predicted molar refractivity (Wildman–Crippen MR) is 120 cm³/mol. The minimum atomic E-state index is 0.504. The van der Waals surface area contributed by atoms with Crippen molar-refractivity contribution in [2.75, 3.05) is 38.3 Å². The second-order valence-electron chi connectivity index (χ2n) is 7.79. The van der Waals surface area contributed by atoms with Gasteiger partial charge in [-0.3, -0.25) is 0 Å². The lowest BCUT2D eigenvalue weighted by molar-refractivity contribution is 0.200. The zero-order valence-corrected chi connectivity index (χ0v) is 18.2. The number of methoxy groups -OCH3 is 1. The molecule has 4 rings (SSSR count). The standard InChI is InChI=1S/C22H31N5OS/c1-3-18-20-21(25-19(24-18)11-13-28-2)26-22(29-20)27-12-7-10-17(27)15-23-14-16-8-5-4-6-9-16/h4-6,8,16-17,23H,3,7,9-15H2,1-2H3. The highest BCUT2D eigenvalue weighted by Crippen LogP contribution is 2.34. The number of ether oxygens (including phenoxy) is 1. The summed E-state index contributed by atoms with van der Waals surface area (Å²) < 4.78 is 6.33. The van der Waals surface area contributed by atoms with Crippen molar-refractivity contribution in [1.29, 1.82) is 0 Å². The van der Waals surface area contributed by atoms with Gasteiger partial charge in [0.15, 0.2) is 10.8 Å². The van der Waals surface area contributed by atoms with E-state index < -0.39 is 0 Å². The Morgan fingerprint density at radius 1 is 1.24 bits per heavy atom. The molecule has 0 bridgehead atoms. The molecule has 156 valence electrons. The number of thiazole rings is 1. The van der Waals surface area contributed by atoms with Crippen molar-refractivity contribution in [3.63, 3.8) is 0 Å². The van der Waals surface area contributed by atoms with E-state index in [4.69, 9.17) is 19.7 Å². The zero-order chi connectivity index (χ0) is 20.1. The number of nitrogens with one attached hydrogen (secondary N) is 1. The highest BCUT2D eigenvalue weighted by Gasteiger charge is 2.28. The van der Waals surface area contributed by atoms with Crippen molar-refractivity contribution in [3.05, 3.63) is 35.8 Å². The molecule has 6 nitrogen and oxygen atoms in total. The largest absolute Gasteiger partial charge is 0.384 e. The van der Waals surface area contributed by atoms with Gasteiger partial charge in [-0.2, -0.15) is 4.98 Å². The number of aryl methyl sites for hydroxylation is 1. The maximum atomic E-state index is 5.19. The lowest BCUT2D eigenvalue weighted by Crippen LogP contribution is -2.39. The number of hydrogen-bond donors (Lipinski definition) is 1. The van der Waals surface area contributed by atoms with E-state index in [9.17, 15) is 0 Å². The molecule has 7 heteroatoms. The first-order chi connectivity index (χ1) is 14.3. The van der Waals surface area contributed by atoms with Crippen LogP contribution in [0.2, 0.25) is 0 Å². The summed E-state index contributed by atoms with van der Waals surface area (Å²) in [6.45, 7) is 5.91. The first-order valence-corrected chi connectivity index (χ1v) is 11.6. The van der Waals surface area contributed by atoms with Gasteiger partial charge in [0.05, 0.1) is 17.0 Å². The van der Waals surface area contributed by atoms with E-state index in [0.717, 1.165) is 65.9 Å². The molecule has 1 N–H and O–H groups in total. The number of allylic oxidation sites excluding steroid dienone is 3. The van der Waals surface area contributed by atoms with Gasteiger partial charge in [-0.05, 0) is 31.6 Å². The highest BCUT2D eigenvalue weighted by molar-refractivity contribution is 7.22. The molecule has 2 aromatic rings. The number of nitrogens with zero attached hydrogens (tertiary/aromatic N) is 4. The molecule has 2 aliphatic rings. The number of anilines is 1. The molecule has 3 heterocycles. The Balaban J connectivity index is 1.45. The normalized spacial score (nSPS) is 21.5. The molecule has 29 heavy (non-hydrogen) atoms. The van der Waals surface area contributed by atoms with Crippen LogP contribution in [0, 0.1) is 5.92 Å². The summed E-state index contributed by atoms with van der Waals surface area (Å²) >= 11 is 1.75. The SMILES string of the molecule is CCc1nc(CCOC)nc2nc(N3CCCC3CNCC3C=CC=CC3)sc12. The summed E-state index contributed by atoms with van der Waals surface area (Å²) in [6.07, 6.45) is 14.1. The average molecular weight is 414 g/mol. The van der Waals surface area contributed by atoms with Crippen molar-refractivity contribution < 1.29 is 4.74 Å². The van der Waals surface area contributed by atoms with E-state index >= 15 is 0 Å². The first-order valence-electron chi connectivity index (χ1n) is 10.7. The molecule has 0 amide bonds. The van der Waals surface area contributed by atoms with E-state index in [1.807, 2.05) is 0 Å². The highest BCUT2D eigenvalue weighted by atomic mass is 32.1. The quantitative estimate of drug-likeness (QED) is 0.679. The lowest BCUT2D eigenvalue weighted by Gasteiger charge is -2.25. The van der Waals surface area contributed by atoms with Gasteiger partial charge in [0, 0.05) is 39.2 Å². The Hall–Kier alpha value is -1.83. The number of fused-ring (bicyclic) bond motifs is 1. The number of aromatic nitrogens is 3. The van der Waals surface area contributed by atoms with Gasteiger partial charge < -0.3 is 15.0 Å². The molecular formula is C22H31N5OS. The molecule has 2 aromatic heterocycles. The molecule has 0 radical (unpaired) electrons.